The van der Waals surface area contributed by atoms with Gasteiger partial charge in [-0.2, -0.15) is 5.26 Å². The summed E-state index contributed by atoms with van der Waals surface area (Å²) in [7, 11) is 1.80. The van der Waals surface area contributed by atoms with Gasteiger partial charge in [-0.25, -0.2) is 0 Å². The molecule has 2 aliphatic rings. The minimum atomic E-state index is -0.277. The van der Waals surface area contributed by atoms with E-state index in [1.807, 2.05) is 0 Å². The third kappa shape index (κ3) is 3.72. The van der Waals surface area contributed by atoms with E-state index in [0.717, 1.165) is 31.9 Å². The van der Waals surface area contributed by atoms with Crippen LogP contribution < -0.4 is 5.32 Å². The number of rotatable bonds is 5. The zero-order valence-corrected chi connectivity index (χ0v) is 13.0. The van der Waals surface area contributed by atoms with Crippen LogP contribution in [0.3, 0.4) is 0 Å². The van der Waals surface area contributed by atoms with Crippen LogP contribution in [-0.2, 0) is 4.74 Å². The van der Waals surface area contributed by atoms with Crippen LogP contribution in [0.25, 0.3) is 0 Å². The van der Waals surface area contributed by atoms with E-state index in [2.05, 4.69) is 23.2 Å². The van der Waals surface area contributed by atoms with Crippen molar-refractivity contribution in [3.63, 3.8) is 0 Å². The van der Waals surface area contributed by atoms with E-state index < -0.39 is 0 Å². The first-order valence-electron chi connectivity index (χ1n) is 8.12. The first kappa shape index (κ1) is 15.8. The van der Waals surface area contributed by atoms with Crippen LogP contribution >= 0.6 is 0 Å². The summed E-state index contributed by atoms with van der Waals surface area (Å²) in [5, 5.41) is 13.0. The molecule has 114 valence electrons. The Hall–Kier alpha value is -0.630. The van der Waals surface area contributed by atoms with Gasteiger partial charge in [0.15, 0.2) is 0 Å². The summed E-state index contributed by atoms with van der Waals surface area (Å²) < 4.78 is 5.27. The first-order chi connectivity index (χ1) is 9.73. The van der Waals surface area contributed by atoms with E-state index >= 15 is 0 Å². The van der Waals surface area contributed by atoms with Gasteiger partial charge in [-0.3, -0.25) is 5.32 Å². The zero-order chi connectivity index (χ0) is 14.4. The van der Waals surface area contributed by atoms with Gasteiger partial charge in [0, 0.05) is 19.8 Å². The first-order valence-corrected chi connectivity index (χ1v) is 8.12. The SMILES string of the molecule is CCNC1(C#N)CCCC(N2CCC(COC)CC2)C1. The van der Waals surface area contributed by atoms with Crippen LogP contribution in [0, 0.1) is 17.2 Å². The Morgan fingerprint density at radius 3 is 2.70 bits per heavy atom. The Balaban J connectivity index is 1.88. The summed E-state index contributed by atoms with van der Waals surface area (Å²) in [4.78, 5) is 2.62. The van der Waals surface area contributed by atoms with E-state index in [4.69, 9.17) is 4.74 Å². The van der Waals surface area contributed by atoms with Crippen LogP contribution in [0.1, 0.15) is 45.4 Å². The number of nitrogens with zero attached hydrogens (tertiary/aromatic N) is 2. The molecule has 0 spiro atoms. The van der Waals surface area contributed by atoms with Crippen LogP contribution in [-0.4, -0.2) is 49.8 Å². The molecule has 1 heterocycles. The summed E-state index contributed by atoms with van der Waals surface area (Å²) in [6.45, 7) is 6.23. The number of nitriles is 1. The fraction of sp³-hybridized carbons (Fsp3) is 0.938. The Labute approximate surface area is 123 Å². The number of likely N-dealkylation sites (tertiary alicyclic amines) is 1. The normalized spacial score (nSPS) is 33.0. The van der Waals surface area contributed by atoms with Gasteiger partial charge in [0.1, 0.15) is 5.54 Å². The summed E-state index contributed by atoms with van der Waals surface area (Å²) in [6.07, 6.45) is 6.91. The summed E-state index contributed by atoms with van der Waals surface area (Å²) in [5.41, 5.74) is -0.277. The van der Waals surface area contributed by atoms with Crippen molar-refractivity contribution in [1.82, 2.24) is 10.2 Å². The van der Waals surface area contributed by atoms with E-state index in [9.17, 15) is 5.26 Å². The number of nitrogens with one attached hydrogen (secondary N) is 1. The maximum atomic E-state index is 9.55. The molecule has 4 nitrogen and oxygen atoms in total. The minimum absolute atomic E-state index is 0.277. The maximum absolute atomic E-state index is 9.55. The average molecular weight is 279 g/mol. The highest BCUT2D eigenvalue weighted by Gasteiger charge is 2.38. The van der Waals surface area contributed by atoms with Crippen molar-refractivity contribution in [3.05, 3.63) is 0 Å². The Morgan fingerprint density at radius 2 is 2.10 bits per heavy atom. The van der Waals surface area contributed by atoms with E-state index in [1.165, 1.54) is 38.8 Å². The summed E-state index contributed by atoms with van der Waals surface area (Å²) in [6, 6.07) is 3.15. The van der Waals surface area contributed by atoms with Crippen LogP contribution in [0.2, 0.25) is 0 Å². The van der Waals surface area contributed by atoms with Crippen molar-refractivity contribution < 1.29 is 4.74 Å². The number of ether oxygens (including phenoxy) is 1. The third-order valence-electron chi connectivity index (χ3n) is 5.02. The molecular formula is C16H29N3O. The van der Waals surface area contributed by atoms with Gasteiger partial charge in [-0.15, -0.1) is 0 Å². The number of methoxy groups -OCH3 is 1. The number of piperidine rings is 1. The minimum Gasteiger partial charge on any atom is -0.384 e. The summed E-state index contributed by atoms with van der Waals surface area (Å²) in [5.74, 6) is 0.731. The van der Waals surface area contributed by atoms with Crippen molar-refractivity contribution >= 4 is 0 Å². The quantitative estimate of drug-likeness (QED) is 0.838. The molecule has 2 unspecified atom stereocenters. The average Bonchev–Trinajstić information content (AvgIpc) is 2.49. The van der Waals surface area contributed by atoms with Gasteiger partial charge in [0.25, 0.3) is 0 Å². The van der Waals surface area contributed by atoms with Crippen LogP contribution in [0.15, 0.2) is 0 Å². The fourth-order valence-corrected chi connectivity index (χ4v) is 3.92. The maximum Gasteiger partial charge on any atom is 0.108 e. The lowest BCUT2D eigenvalue weighted by Crippen LogP contribution is -2.54. The van der Waals surface area contributed by atoms with Gasteiger partial charge in [-0.1, -0.05) is 6.92 Å². The molecule has 1 aliphatic heterocycles. The molecule has 2 rings (SSSR count). The van der Waals surface area contributed by atoms with Gasteiger partial charge in [0.2, 0.25) is 0 Å². The van der Waals surface area contributed by atoms with Crippen molar-refractivity contribution in [2.45, 2.75) is 57.0 Å². The van der Waals surface area contributed by atoms with Crippen LogP contribution in [0.4, 0.5) is 0 Å². The zero-order valence-electron chi connectivity index (χ0n) is 13.0. The summed E-state index contributed by atoms with van der Waals surface area (Å²) >= 11 is 0. The molecule has 4 heteroatoms. The molecule has 0 bridgehead atoms. The lowest BCUT2D eigenvalue weighted by atomic mass is 9.78. The van der Waals surface area contributed by atoms with Crippen molar-refractivity contribution in [1.29, 1.82) is 5.26 Å². The molecule has 2 atom stereocenters. The predicted octanol–water partition coefficient (Wildman–Crippen LogP) is 2.16. The Bertz CT molecular complexity index is 329. The molecule has 2 fully saturated rings. The smallest absolute Gasteiger partial charge is 0.108 e. The van der Waals surface area contributed by atoms with Crippen molar-refractivity contribution in [2.75, 3.05) is 33.4 Å². The highest BCUT2D eigenvalue weighted by Crippen LogP contribution is 2.33. The lowest BCUT2D eigenvalue weighted by molar-refractivity contribution is 0.0568. The predicted molar refractivity (Wildman–Crippen MR) is 80.4 cm³/mol. The number of hydrogen-bond acceptors (Lipinski definition) is 4. The molecule has 0 amide bonds. The Kier molecular flexibility index (Phi) is 5.83. The molecule has 1 saturated carbocycles. The monoisotopic (exact) mass is 279 g/mol. The molecule has 0 aromatic heterocycles. The van der Waals surface area contributed by atoms with E-state index in [-0.39, 0.29) is 5.54 Å². The molecule has 1 aliphatic carbocycles. The molecule has 1 saturated heterocycles. The second kappa shape index (κ2) is 7.40. The van der Waals surface area contributed by atoms with Crippen molar-refractivity contribution in [3.8, 4) is 6.07 Å². The number of hydrogen-bond donors (Lipinski definition) is 1. The second-order valence-corrected chi connectivity index (χ2v) is 6.41. The highest BCUT2D eigenvalue weighted by atomic mass is 16.5. The van der Waals surface area contributed by atoms with E-state index in [0.29, 0.717) is 6.04 Å². The molecule has 0 aromatic carbocycles. The van der Waals surface area contributed by atoms with Gasteiger partial charge in [-0.05, 0) is 64.1 Å². The van der Waals surface area contributed by atoms with E-state index in [1.54, 1.807) is 7.11 Å². The molecular weight excluding hydrogens is 250 g/mol. The Morgan fingerprint density at radius 1 is 1.35 bits per heavy atom. The van der Waals surface area contributed by atoms with Gasteiger partial charge >= 0.3 is 0 Å². The third-order valence-corrected chi connectivity index (χ3v) is 5.02. The van der Waals surface area contributed by atoms with Crippen molar-refractivity contribution in [2.24, 2.45) is 5.92 Å². The molecule has 1 N–H and O–H groups in total. The standard InChI is InChI=1S/C16H29N3O/c1-3-18-16(13-17)8-4-5-15(11-16)19-9-6-14(7-10-19)12-20-2/h14-15,18H,3-12H2,1-2H3. The van der Waals surface area contributed by atoms with Gasteiger partial charge < -0.3 is 9.64 Å². The molecule has 0 radical (unpaired) electrons. The highest BCUT2D eigenvalue weighted by molar-refractivity contribution is 5.11. The van der Waals surface area contributed by atoms with Crippen LogP contribution in [0.5, 0.6) is 0 Å². The van der Waals surface area contributed by atoms with Gasteiger partial charge in [0.05, 0.1) is 6.07 Å². The topological polar surface area (TPSA) is 48.3 Å². The largest absolute Gasteiger partial charge is 0.384 e. The second-order valence-electron chi connectivity index (χ2n) is 6.41. The molecule has 0 aromatic rings. The lowest BCUT2D eigenvalue weighted by Gasteiger charge is -2.44. The fourth-order valence-electron chi connectivity index (χ4n) is 3.92. The molecule has 20 heavy (non-hydrogen) atoms.